The van der Waals surface area contributed by atoms with Crippen LogP contribution in [0.4, 0.5) is 0 Å². The number of benzene rings is 2. The van der Waals surface area contributed by atoms with Gasteiger partial charge in [0.2, 0.25) is 0 Å². The highest BCUT2D eigenvalue weighted by molar-refractivity contribution is 5.91. The normalized spacial score (nSPS) is 10.6. The van der Waals surface area contributed by atoms with E-state index >= 15 is 0 Å². The maximum absolute atomic E-state index is 12.7. The summed E-state index contributed by atoms with van der Waals surface area (Å²) in [5.41, 5.74) is 3.32. The van der Waals surface area contributed by atoms with Crippen LogP contribution in [0.25, 0.3) is 0 Å². The average Bonchev–Trinajstić information content (AvgIpc) is 2.70. The predicted molar refractivity (Wildman–Crippen MR) is 106 cm³/mol. The van der Waals surface area contributed by atoms with Crippen molar-refractivity contribution in [3.8, 4) is 0 Å². The molecular weight excluding hydrogens is 338 g/mol. The van der Waals surface area contributed by atoms with Gasteiger partial charge in [0.15, 0.2) is 0 Å². The van der Waals surface area contributed by atoms with Crippen molar-refractivity contribution < 1.29 is 4.79 Å². The van der Waals surface area contributed by atoms with Crippen molar-refractivity contribution in [3.63, 3.8) is 0 Å². The van der Waals surface area contributed by atoms with Crippen molar-refractivity contribution in [1.29, 1.82) is 0 Å². The molecule has 0 N–H and O–H groups in total. The third-order valence-electron chi connectivity index (χ3n) is 4.46. The molecule has 0 fully saturated rings. The van der Waals surface area contributed by atoms with E-state index < -0.39 is 0 Å². The molecule has 0 aliphatic rings. The second-order valence-corrected chi connectivity index (χ2v) is 6.53. The van der Waals surface area contributed by atoms with E-state index in [-0.39, 0.29) is 17.2 Å². The summed E-state index contributed by atoms with van der Waals surface area (Å²) in [6, 6.07) is 20.7. The van der Waals surface area contributed by atoms with E-state index in [2.05, 4.69) is 24.2 Å². The van der Waals surface area contributed by atoms with Crippen LogP contribution in [0, 0.1) is 0 Å². The molecule has 0 bridgehead atoms. The molecule has 0 radical (unpaired) electrons. The Bertz CT molecular complexity index is 963. The standard InChI is InChI=1S/C22H23N3O2/c1-3-17-9-11-19(12-10-17)15-24(2)22(27)20-13-14-21(26)25(23-20)16-18-7-5-4-6-8-18/h4-14H,3,15-16H2,1-2H3. The minimum absolute atomic E-state index is 0.212. The van der Waals surface area contributed by atoms with E-state index in [4.69, 9.17) is 0 Å². The van der Waals surface area contributed by atoms with Gasteiger partial charge in [-0.1, -0.05) is 61.5 Å². The highest BCUT2D eigenvalue weighted by atomic mass is 16.2. The fourth-order valence-electron chi connectivity index (χ4n) is 2.85. The van der Waals surface area contributed by atoms with E-state index in [1.807, 2.05) is 42.5 Å². The fourth-order valence-corrected chi connectivity index (χ4v) is 2.85. The van der Waals surface area contributed by atoms with Crippen LogP contribution in [0.1, 0.15) is 34.1 Å². The Morgan fingerprint density at radius 3 is 2.26 bits per heavy atom. The molecule has 0 unspecified atom stereocenters. The molecule has 27 heavy (non-hydrogen) atoms. The minimum Gasteiger partial charge on any atom is -0.336 e. The lowest BCUT2D eigenvalue weighted by molar-refractivity contribution is 0.0776. The van der Waals surface area contributed by atoms with Gasteiger partial charge in [-0.05, 0) is 29.2 Å². The van der Waals surface area contributed by atoms with Crippen molar-refractivity contribution >= 4 is 5.91 Å². The van der Waals surface area contributed by atoms with Crippen molar-refractivity contribution in [1.82, 2.24) is 14.7 Å². The molecular formula is C22H23N3O2. The number of aromatic nitrogens is 2. The van der Waals surface area contributed by atoms with Crippen LogP contribution >= 0.6 is 0 Å². The molecule has 0 atom stereocenters. The van der Waals surface area contributed by atoms with Crippen molar-refractivity contribution in [2.24, 2.45) is 0 Å². The molecule has 0 aliphatic carbocycles. The van der Waals surface area contributed by atoms with E-state index in [1.165, 1.54) is 22.4 Å². The Labute approximate surface area is 158 Å². The van der Waals surface area contributed by atoms with Gasteiger partial charge in [0, 0.05) is 19.7 Å². The SMILES string of the molecule is CCc1ccc(CN(C)C(=O)c2ccc(=O)n(Cc3ccccc3)n2)cc1. The first-order valence-corrected chi connectivity index (χ1v) is 9.02. The van der Waals surface area contributed by atoms with E-state index in [9.17, 15) is 9.59 Å². The topological polar surface area (TPSA) is 55.2 Å². The number of rotatable bonds is 6. The highest BCUT2D eigenvalue weighted by Gasteiger charge is 2.15. The van der Waals surface area contributed by atoms with Gasteiger partial charge in [0.25, 0.3) is 11.5 Å². The lowest BCUT2D eigenvalue weighted by atomic mass is 10.1. The summed E-state index contributed by atoms with van der Waals surface area (Å²) < 4.78 is 1.33. The van der Waals surface area contributed by atoms with Crippen LogP contribution in [0.15, 0.2) is 71.5 Å². The first-order chi connectivity index (χ1) is 13.1. The van der Waals surface area contributed by atoms with Crippen molar-refractivity contribution in [2.75, 3.05) is 7.05 Å². The summed E-state index contributed by atoms with van der Waals surface area (Å²) in [5, 5.41) is 4.27. The van der Waals surface area contributed by atoms with Crippen LogP contribution in [-0.2, 0) is 19.5 Å². The van der Waals surface area contributed by atoms with Crippen molar-refractivity contribution in [2.45, 2.75) is 26.4 Å². The van der Waals surface area contributed by atoms with Crippen LogP contribution in [0.2, 0.25) is 0 Å². The molecule has 1 amide bonds. The second kappa shape index (κ2) is 8.45. The van der Waals surface area contributed by atoms with Gasteiger partial charge in [-0.25, -0.2) is 4.68 Å². The number of carbonyl (C=O) groups excluding carboxylic acids is 1. The quantitative estimate of drug-likeness (QED) is 0.678. The van der Waals surface area contributed by atoms with E-state index in [1.54, 1.807) is 11.9 Å². The lowest BCUT2D eigenvalue weighted by Crippen LogP contribution is -2.31. The maximum Gasteiger partial charge on any atom is 0.274 e. The summed E-state index contributed by atoms with van der Waals surface area (Å²) in [4.78, 5) is 26.4. The molecule has 1 heterocycles. The average molecular weight is 361 g/mol. The number of amides is 1. The molecule has 0 spiro atoms. The van der Waals surface area contributed by atoms with Gasteiger partial charge in [0.1, 0.15) is 5.69 Å². The first-order valence-electron chi connectivity index (χ1n) is 9.02. The lowest BCUT2D eigenvalue weighted by Gasteiger charge is -2.17. The number of aryl methyl sites for hydroxylation is 1. The maximum atomic E-state index is 12.7. The van der Waals surface area contributed by atoms with Crippen LogP contribution in [0.3, 0.4) is 0 Å². The number of carbonyl (C=O) groups is 1. The summed E-state index contributed by atoms with van der Waals surface area (Å²) in [6.45, 7) is 2.94. The molecule has 1 aromatic heterocycles. The summed E-state index contributed by atoms with van der Waals surface area (Å²) >= 11 is 0. The van der Waals surface area contributed by atoms with E-state index in [0.29, 0.717) is 13.1 Å². The predicted octanol–water partition coefficient (Wildman–Crippen LogP) is 3.13. The molecule has 0 aliphatic heterocycles. The molecule has 0 saturated heterocycles. The molecule has 0 saturated carbocycles. The Morgan fingerprint density at radius 2 is 1.59 bits per heavy atom. The Hall–Kier alpha value is -3.21. The van der Waals surface area contributed by atoms with Crippen LogP contribution in [0.5, 0.6) is 0 Å². The molecule has 5 nitrogen and oxygen atoms in total. The zero-order valence-corrected chi connectivity index (χ0v) is 15.6. The van der Waals surface area contributed by atoms with Crippen LogP contribution < -0.4 is 5.56 Å². The van der Waals surface area contributed by atoms with Crippen LogP contribution in [-0.4, -0.2) is 27.6 Å². The Balaban J connectivity index is 1.75. The number of hydrogen-bond acceptors (Lipinski definition) is 3. The molecule has 138 valence electrons. The summed E-state index contributed by atoms with van der Waals surface area (Å²) in [7, 11) is 1.74. The molecule has 3 rings (SSSR count). The molecule has 5 heteroatoms. The van der Waals surface area contributed by atoms with Crippen molar-refractivity contribution in [3.05, 3.63) is 99.5 Å². The second-order valence-electron chi connectivity index (χ2n) is 6.53. The van der Waals surface area contributed by atoms with Gasteiger partial charge in [-0.2, -0.15) is 5.10 Å². The highest BCUT2D eigenvalue weighted by Crippen LogP contribution is 2.09. The minimum atomic E-state index is -0.229. The Morgan fingerprint density at radius 1 is 0.926 bits per heavy atom. The largest absolute Gasteiger partial charge is 0.336 e. The van der Waals surface area contributed by atoms with Gasteiger partial charge >= 0.3 is 0 Å². The number of nitrogens with zero attached hydrogens (tertiary/aromatic N) is 3. The zero-order chi connectivity index (χ0) is 19.2. The van der Waals surface area contributed by atoms with Gasteiger partial charge in [0.05, 0.1) is 6.54 Å². The van der Waals surface area contributed by atoms with Gasteiger partial charge in [-0.15, -0.1) is 0 Å². The van der Waals surface area contributed by atoms with Gasteiger partial charge in [-0.3, -0.25) is 9.59 Å². The fraction of sp³-hybridized carbons (Fsp3) is 0.227. The zero-order valence-electron chi connectivity index (χ0n) is 15.6. The Kier molecular flexibility index (Phi) is 5.81. The van der Waals surface area contributed by atoms with Gasteiger partial charge < -0.3 is 4.90 Å². The first kappa shape index (κ1) is 18.6. The van der Waals surface area contributed by atoms with E-state index in [0.717, 1.165) is 17.5 Å². The number of hydrogen-bond donors (Lipinski definition) is 0. The molecule has 3 aromatic rings. The summed E-state index contributed by atoms with van der Waals surface area (Å²) in [5.74, 6) is -0.212. The monoisotopic (exact) mass is 361 g/mol. The third-order valence-corrected chi connectivity index (χ3v) is 4.46. The third kappa shape index (κ3) is 4.70. The summed E-state index contributed by atoms with van der Waals surface area (Å²) in [6.07, 6.45) is 0.988. The smallest absolute Gasteiger partial charge is 0.274 e. The molecule has 2 aromatic carbocycles.